The van der Waals surface area contributed by atoms with Crippen molar-refractivity contribution in [3.05, 3.63) is 11.8 Å². The Bertz CT molecular complexity index is 528. The smallest absolute Gasteiger partial charge is 0.224 e. The summed E-state index contributed by atoms with van der Waals surface area (Å²) in [7, 11) is 0. The van der Waals surface area contributed by atoms with Crippen LogP contribution in [0.2, 0.25) is 0 Å². The Morgan fingerprint density at radius 3 is 2.62 bits per heavy atom. The third kappa shape index (κ3) is 5.33. The van der Waals surface area contributed by atoms with Crippen molar-refractivity contribution in [3.63, 3.8) is 0 Å². The summed E-state index contributed by atoms with van der Waals surface area (Å²) in [6.07, 6.45) is 1.75. The first-order valence-corrected chi connectivity index (χ1v) is 8.84. The Hall–Kier alpha value is -1.89. The fourth-order valence-corrected chi connectivity index (χ4v) is 2.75. The van der Waals surface area contributed by atoms with Crippen LogP contribution in [-0.2, 0) is 9.53 Å². The van der Waals surface area contributed by atoms with Crippen molar-refractivity contribution in [2.45, 2.75) is 33.6 Å². The number of anilines is 2. The summed E-state index contributed by atoms with van der Waals surface area (Å²) in [5.74, 6) is 1.76. The number of aromatic nitrogens is 2. The van der Waals surface area contributed by atoms with Gasteiger partial charge in [0.1, 0.15) is 5.82 Å². The zero-order chi connectivity index (χ0) is 17.4. The maximum atomic E-state index is 11.9. The first kappa shape index (κ1) is 18.4. The Kier molecular flexibility index (Phi) is 7.24. The molecule has 24 heavy (non-hydrogen) atoms. The molecule has 0 atom stereocenters. The minimum absolute atomic E-state index is 0.105. The molecular weight excluding hydrogens is 306 g/mol. The third-order valence-corrected chi connectivity index (χ3v) is 4.24. The van der Waals surface area contributed by atoms with Crippen LogP contribution in [0.5, 0.6) is 0 Å². The van der Waals surface area contributed by atoms with Gasteiger partial charge >= 0.3 is 0 Å². The topological polar surface area (TPSA) is 79.4 Å². The average molecular weight is 335 g/mol. The molecule has 1 amide bonds. The van der Waals surface area contributed by atoms with Crippen LogP contribution >= 0.6 is 0 Å². The van der Waals surface area contributed by atoms with Gasteiger partial charge in [0.15, 0.2) is 0 Å². The van der Waals surface area contributed by atoms with Crippen LogP contribution in [0.4, 0.5) is 11.8 Å². The second-order valence-corrected chi connectivity index (χ2v) is 6.02. The summed E-state index contributed by atoms with van der Waals surface area (Å²) >= 11 is 0. The summed E-state index contributed by atoms with van der Waals surface area (Å²) in [4.78, 5) is 23.1. The van der Waals surface area contributed by atoms with Crippen molar-refractivity contribution in [2.24, 2.45) is 5.92 Å². The molecule has 7 nitrogen and oxygen atoms in total. The van der Waals surface area contributed by atoms with Crippen LogP contribution in [-0.4, -0.2) is 55.3 Å². The fourth-order valence-electron chi connectivity index (χ4n) is 2.75. The van der Waals surface area contributed by atoms with E-state index in [1.54, 1.807) is 0 Å². The standard InChI is InChI=1S/C17H29N5O2/c1-4-14(5-2)16(23)18-6-7-19-17-20-13(3)12-15(21-17)22-8-10-24-11-9-22/h12,14H,4-11H2,1-3H3,(H,18,23)(H,19,20,21). The minimum atomic E-state index is 0.105. The van der Waals surface area contributed by atoms with E-state index in [4.69, 9.17) is 4.74 Å². The molecule has 0 saturated carbocycles. The van der Waals surface area contributed by atoms with Crippen LogP contribution in [0, 0.1) is 12.8 Å². The van der Waals surface area contributed by atoms with Crippen LogP contribution in [0.1, 0.15) is 32.4 Å². The second-order valence-electron chi connectivity index (χ2n) is 6.02. The second kappa shape index (κ2) is 9.42. The molecule has 2 heterocycles. The Balaban J connectivity index is 1.84. The number of nitrogens with one attached hydrogen (secondary N) is 2. The predicted molar refractivity (Wildman–Crippen MR) is 95.4 cm³/mol. The Morgan fingerprint density at radius 1 is 1.25 bits per heavy atom. The van der Waals surface area contributed by atoms with Gasteiger partial charge in [0, 0.05) is 43.9 Å². The third-order valence-electron chi connectivity index (χ3n) is 4.24. The number of carbonyl (C=O) groups is 1. The van der Waals surface area contributed by atoms with Crippen molar-refractivity contribution in [3.8, 4) is 0 Å². The molecule has 134 valence electrons. The maximum absolute atomic E-state index is 11.9. The quantitative estimate of drug-likeness (QED) is 0.702. The van der Waals surface area contributed by atoms with Gasteiger partial charge in [-0.15, -0.1) is 0 Å². The SMILES string of the molecule is CCC(CC)C(=O)NCCNc1nc(C)cc(N2CCOCC2)n1. The highest BCUT2D eigenvalue weighted by Gasteiger charge is 2.15. The molecule has 0 aromatic carbocycles. The summed E-state index contributed by atoms with van der Waals surface area (Å²) < 4.78 is 5.38. The van der Waals surface area contributed by atoms with E-state index in [0.717, 1.165) is 50.7 Å². The summed E-state index contributed by atoms with van der Waals surface area (Å²) in [6, 6.07) is 1.99. The average Bonchev–Trinajstić information content (AvgIpc) is 2.60. The van der Waals surface area contributed by atoms with Gasteiger partial charge in [-0.3, -0.25) is 4.79 Å². The summed E-state index contributed by atoms with van der Waals surface area (Å²) in [5.41, 5.74) is 0.926. The molecule has 1 fully saturated rings. The van der Waals surface area contributed by atoms with E-state index in [0.29, 0.717) is 19.0 Å². The monoisotopic (exact) mass is 335 g/mol. The molecule has 0 radical (unpaired) electrons. The molecule has 1 aliphatic rings. The number of hydrogen-bond donors (Lipinski definition) is 2. The molecular formula is C17H29N5O2. The van der Waals surface area contributed by atoms with Gasteiger partial charge in [-0.2, -0.15) is 4.98 Å². The van der Waals surface area contributed by atoms with Crippen molar-refractivity contribution < 1.29 is 9.53 Å². The largest absolute Gasteiger partial charge is 0.378 e. The molecule has 1 aromatic heterocycles. The maximum Gasteiger partial charge on any atom is 0.224 e. The lowest BCUT2D eigenvalue weighted by atomic mass is 10.0. The van der Waals surface area contributed by atoms with Gasteiger partial charge < -0.3 is 20.3 Å². The molecule has 1 aromatic rings. The number of aryl methyl sites for hydroxylation is 1. The first-order valence-electron chi connectivity index (χ1n) is 8.84. The van der Waals surface area contributed by atoms with E-state index < -0.39 is 0 Å². The molecule has 0 unspecified atom stereocenters. The highest BCUT2D eigenvalue weighted by atomic mass is 16.5. The molecule has 1 saturated heterocycles. The van der Waals surface area contributed by atoms with E-state index in [1.165, 1.54) is 0 Å². The predicted octanol–water partition coefficient (Wildman–Crippen LogP) is 1.59. The lowest BCUT2D eigenvalue weighted by Crippen LogP contribution is -2.37. The number of morpholine rings is 1. The zero-order valence-electron chi connectivity index (χ0n) is 15.0. The lowest BCUT2D eigenvalue weighted by molar-refractivity contribution is -0.125. The molecule has 7 heteroatoms. The van der Waals surface area contributed by atoms with Crippen LogP contribution < -0.4 is 15.5 Å². The normalized spacial score (nSPS) is 14.8. The van der Waals surface area contributed by atoms with Crippen molar-refractivity contribution in [2.75, 3.05) is 49.6 Å². The Labute approximate surface area is 144 Å². The number of ether oxygens (including phenoxy) is 1. The molecule has 2 rings (SSSR count). The van der Waals surface area contributed by atoms with E-state index in [2.05, 4.69) is 25.5 Å². The molecule has 0 bridgehead atoms. The molecule has 0 spiro atoms. The van der Waals surface area contributed by atoms with Gasteiger partial charge in [-0.25, -0.2) is 4.98 Å². The van der Waals surface area contributed by atoms with Gasteiger partial charge in [-0.05, 0) is 19.8 Å². The Morgan fingerprint density at radius 2 is 1.96 bits per heavy atom. The fraction of sp³-hybridized carbons (Fsp3) is 0.706. The number of amides is 1. The molecule has 1 aliphatic heterocycles. The number of nitrogens with zero attached hydrogens (tertiary/aromatic N) is 3. The van der Waals surface area contributed by atoms with Crippen LogP contribution in [0.25, 0.3) is 0 Å². The minimum Gasteiger partial charge on any atom is -0.378 e. The van der Waals surface area contributed by atoms with Crippen LogP contribution in [0.3, 0.4) is 0 Å². The van der Waals surface area contributed by atoms with Gasteiger partial charge in [-0.1, -0.05) is 13.8 Å². The number of hydrogen-bond acceptors (Lipinski definition) is 6. The van der Waals surface area contributed by atoms with E-state index in [1.807, 2.05) is 26.8 Å². The summed E-state index contributed by atoms with van der Waals surface area (Å²) in [6.45, 7) is 10.4. The van der Waals surface area contributed by atoms with Crippen molar-refractivity contribution in [1.29, 1.82) is 0 Å². The van der Waals surface area contributed by atoms with Crippen LogP contribution in [0.15, 0.2) is 6.07 Å². The van der Waals surface area contributed by atoms with Gasteiger partial charge in [0.05, 0.1) is 13.2 Å². The zero-order valence-corrected chi connectivity index (χ0v) is 15.0. The van der Waals surface area contributed by atoms with Crippen molar-refractivity contribution >= 4 is 17.7 Å². The highest BCUT2D eigenvalue weighted by Crippen LogP contribution is 2.16. The first-order chi connectivity index (χ1) is 11.6. The van der Waals surface area contributed by atoms with Crippen molar-refractivity contribution in [1.82, 2.24) is 15.3 Å². The number of carbonyl (C=O) groups excluding carboxylic acids is 1. The van der Waals surface area contributed by atoms with Gasteiger partial charge in [0.2, 0.25) is 11.9 Å². The van der Waals surface area contributed by atoms with E-state index in [9.17, 15) is 4.79 Å². The number of rotatable bonds is 8. The van der Waals surface area contributed by atoms with E-state index >= 15 is 0 Å². The molecule has 2 N–H and O–H groups in total. The highest BCUT2D eigenvalue weighted by molar-refractivity contribution is 5.78. The van der Waals surface area contributed by atoms with E-state index in [-0.39, 0.29) is 11.8 Å². The lowest BCUT2D eigenvalue weighted by Gasteiger charge is -2.28. The summed E-state index contributed by atoms with van der Waals surface area (Å²) in [5, 5.41) is 6.16. The molecule has 0 aliphatic carbocycles. The van der Waals surface area contributed by atoms with Gasteiger partial charge in [0.25, 0.3) is 0 Å².